The van der Waals surface area contributed by atoms with E-state index >= 15 is 0 Å². The van der Waals surface area contributed by atoms with E-state index in [0.29, 0.717) is 11.2 Å². The van der Waals surface area contributed by atoms with E-state index in [1.165, 1.54) is 11.1 Å². The second-order valence-corrected chi connectivity index (χ2v) is 5.55. The van der Waals surface area contributed by atoms with E-state index in [4.69, 9.17) is 11.6 Å². The van der Waals surface area contributed by atoms with Crippen LogP contribution in [0.2, 0.25) is 5.28 Å². The molecule has 0 radical (unpaired) electrons. The fourth-order valence-corrected chi connectivity index (χ4v) is 3.06. The fraction of sp³-hybridized carbons (Fsp3) is 0.294. The van der Waals surface area contributed by atoms with Gasteiger partial charge in [-0.2, -0.15) is 0 Å². The summed E-state index contributed by atoms with van der Waals surface area (Å²) in [5.41, 5.74) is 3.57. The van der Waals surface area contributed by atoms with Gasteiger partial charge in [-0.3, -0.25) is 0 Å². The Hall–Kier alpha value is -1.87. The van der Waals surface area contributed by atoms with E-state index in [0.717, 1.165) is 37.3 Å². The van der Waals surface area contributed by atoms with Crippen LogP contribution < -0.4 is 5.32 Å². The number of anilines is 1. The molecule has 1 aromatic carbocycles. The highest BCUT2D eigenvalue weighted by atomic mass is 35.5. The predicted octanol–water partition coefficient (Wildman–Crippen LogP) is 4.20. The molecule has 1 aliphatic carbocycles. The number of nitrogens with zero attached hydrogens (tertiary/aromatic N) is 2. The predicted molar refractivity (Wildman–Crippen MR) is 87.0 cm³/mol. The maximum Gasteiger partial charge on any atom is 0.224 e. The van der Waals surface area contributed by atoms with Gasteiger partial charge >= 0.3 is 0 Å². The van der Waals surface area contributed by atoms with Crippen molar-refractivity contribution in [3.05, 3.63) is 65.1 Å². The first-order valence-electron chi connectivity index (χ1n) is 7.25. The van der Waals surface area contributed by atoms with Gasteiger partial charge in [-0.25, -0.2) is 9.97 Å². The minimum atomic E-state index is 0.317. The molecular weight excluding hydrogens is 282 g/mol. The molecule has 0 fully saturated rings. The lowest BCUT2D eigenvalue weighted by atomic mass is 9.97. The molecule has 2 aromatic rings. The highest BCUT2D eigenvalue weighted by molar-refractivity contribution is 6.28. The Labute approximate surface area is 130 Å². The number of benzene rings is 1. The third-order valence-corrected chi connectivity index (χ3v) is 4.04. The lowest BCUT2D eigenvalue weighted by Gasteiger charge is -2.13. The Morgan fingerprint density at radius 2 is 2.10 bits per heavy atom. The maximum atomic E-state index is 6.11. The van der Waals surface area contributed by atoms with Crippen molar-refractivity contribution in [3.63, 3.8) is 0 Å². The fourth-order valence-electron chi connectivity index (χ4n) is 2.88. The van der Waals surface area contributed by atoms with Gasteiger partial charge in [0.1, 0.15) is 5.82 Å². The van der Waals surface area contributed by atoms with Crippen LogP contribution in [-0.2, 0) is 6.42 Å². The second-order valence-electron chi connectivity index (χ2n) is 5.21. The summed E-state index contributed by atoms with van der Waals surface area (Å²) < 4.78 is 0. The van der Waals surface area contributed by atoms with Gasteiger partial charge in [-0.15, -0.1) is 6.58 Å². The van der Waals surface area contributed by atoms with Crippen LogP contribution in [0, 0.1) is 0 Å². The van der Waals surface area contributed by atoms with Crippen molar-refractivity contribution in [2.75, 3.05) is 11.9 Å². The lowest BCUT2D eigenvalue weighted by Crippen LogP contribution is -2.08. The first-order chi connectivity index (χ1) is 10.3. The largest absolute Gasteiger partial charge is 0.369 e. The van der Waals surface area contributed by atoms with E-state index < -0.39 is 0 Å². The average Bonchev–Trinajstić information content (AvgIpc) is 2.92. The summed E-state index contributed by atoms with van der Waals surface area (Å²) in [5.74, 6) is 1.20. The first-order valence-corrected chi connectivity index (χ1v) is 7.63. The minimum absolute atomic E-state index is 0.317. The van der Waals surface area contributed by atoms with Crippen molar-refractivity contribution in [2.24, 2.45) is 0 Å². The summed E-state index contributed by atoms with van der Waals surface area (Å²) in [6.45, 7) is 4.55. The Morgan fingerprint density at radius 3 is 2.86 bits per heavy atom. The zero-order chi connectivity index (χ0) is 14.7. The van der Waals surface area contributed by atoms with Crippen LogP contribution in [0.25, 0.3) is 0 Å². The molecule has 4 heteroatoms. The van der Waals surface area contributed by atoms with Crippen LogP contribution in [0.5, 0.6) is 0 Å². The van der Waals surface area contributed by atoms with E-state index in [1.807, 2.05) is 12.1 Å². The van der Waals surface area contributed by atoms with Gasteiger partial charge in [0.15, 0.2) is 0 Å². The number of aromatic nitrogens is 2. The Kier molecular flexibility index (Phi) is 4.20. The van der Waals surface area contributed by atoms with Crippen LogP contribution >= 0.6 is 11.6 Å². The van der Waals surface area contributed by atoms with E-state index in [1.54, 1.807) is 0 Å². The number of hydrogen-bond acceptors (Lipinski definition) is 3. The first kappa shape index (κ1) is 14.1. The van der Waals surface area contributed by atoms with Crippen LogP contribution in [0.15, 0.2) is 43.0 Å². The molecule has 1 N–H and O–H groups in total. The molecule has 108 valence electrons. The van der Waals surface area contributed by atoms with Gasteiger partial charge in [0.05, 0.1) is 5.69 Å². The van der Waals surface area contributed by atoms with Crippen LogP contribution in [-0.4, -0.2) is 16.5 Å². The molecule has 1 aromatic heterocycles. The number of nitrogens with one attached hydrogen (secondary N) is 1. The number of fused-ring (bicyclic) bond motifs is 1. The standard InChI is InChI=1S/C17H18ClN3/c1-2-3-11-19-16-14-10-9-13(12-7-5-4-6-8-12)15(14)20-17(18)21-16/h2,4-8,13H,1,3,9-11H2,(H,19,20,21). The zero-order valence-corrected chi connectivity index (χ0v) is 12.6. The van der Waals surface area contributed by atoms with E-state index in [2.05, 4.69) is 46.1 Å². The molecule has 3 nitrogen and oxygen atoms in total. The van der Waals surface area contributed by atoms with Crippen molar-refractivity contribution in [2.45, 2.75) is 25.2 Å². The Balaban J connectivity index is 1.93. The molecule has 1 aliphatic rings. The van der Waals surface area contributed by atoms with Gasteiger partial charge in [0.2, 0.25) is 5.28 Å². The summed E-state index contributed by atoms with van der Waals surface area (Å²) in [6.07, 6.45) is 4.84. The van der Waals surface area contributed by atoms with E-state index in [-0.39, 0.29) is 0 Å². The smallest absolute Gasteiger partial charge is 0.224 e. The molecule has 0 saturated heterocycles. The highest BCUT2D eigenvalue weighted by Gasteiger charge is 2.29. The van der Waals surface area contributed by atoms with Crippen molar-refractivity contribution in [1.82, 2.24) is 9.97 Å². The van der Waals surface area contributed by atoms with Crippen LogP contribution in [0.3, 0.4) is 0 Å². The third-order valence-electron chi connectivity index (χ3n) is 3.87. The van der Waals surface area contributed by atoms with Gasteiger partial charge in [0.25, 0.3) is 0 Å². The highest BCUT2D eigenvalue weighted by Crippen LogP contribution is 2.39. The molecule has 1 atom stereocenters. The Morgan fingerprint density at radius 1 is 1.29 bits per heavy atom. The lowest BCUT2D eigenvalue weighted by molar-refractivity contribution is 0.771. The molecule has 0 bridgehead atoms. The van der Waals surface area contributed by atoms with Gasteiger partial charge < -0.3 is 5.32 Å². The van der Waals surface area contributed by atoms with Crippen molar-refractivity contribution >= 4 is 17.4 Å². The monoisotopic (exact) mass is 299 g/mol. The summed E-state index contributed by atoms with van der Waals surface area (Å²) in [5, 5.41) is 3.67. The average molecular weight is 300 g/mol. The van der Waals surface area contributed by atoms with Gasteiger partial charge in [-0.05, 0) is 36.4 Å². The summed E-state index contributed by atoms with van der Waals surface area (Å²) in [4.78, 5) is 8.85. The summed E-state index contributed by atoms with van der Waals surface area (Å²) >= 11 is 6.11. The molecule has 0 amide bonds. The molecular formula is C17H18ClN3. The van der Waals surface area contributed by atoms with Gasteiger partial charge in [0, 0.05) is 18.0 Å². The summed E-state index contributed by atoms with van der Waals surface area (Å²) in [7, 11) is 0. The van der Waals surface area contributed by atoms with Gasteiger partial charge in [-0.1, -0.05) is 36.4 Å². The molecule has 0 aliphatic heterocycles. The van der Waals surface area contributed by atoms with E-state index in [9.17, 15) is 0 Å². The van der Waals surface area contributed by atoms with Crippen molar-refractivity contribution in [3.8, 4) is 0 Å². The zero-order valence-electron chi connectivity index (χ0n) is 11.8. The number of halogens is 1. The quantitative estimate of drug-likeness (QED) is 0.511. The summed E-state index contributed by atoms with van der Waals surface area (Å²) in [6, 6.07) is 10.5. The normalized spacial score (nSPS) is 16.5. The van der Waals surface area contributed by atoms with Crippen molar-refractivity contribution in [1.29, 1.82) is 0 Å². The molecule has 21 heavy (non-hydrogen) atoms. The molecule has 3 rings (SSSR count). The number of rotatable bonds is 5. The number of hydrogen-bond donors (Lipinski definition) is 1. The molecule has 0 saturated carbocycles. The topological polar surface area (TPSA) is 37.8 Å². The molecule has 1 heterocycles. The molecule has 1 unspecified atom stereocenters. The van der Waals surface area contributed by atoms with Crippen LogP contribution in [0.4, 0.5) is 5.82 Å². The second kappa shape index (κ2) is 6.27. The van der Waals surface area contributed by atoms with Crippen LogP contribution in [0.1, 0.15) is 35.6 Å². The molecule has 0 spiro atoms. The van der Waals surface area contributed by atoms with Crippen molar-refractivity contribution < 1.29 is 0 Å². The Bertz CT molecular complexity index is 640. The third kappa shape index (κ3) is 2.93. The minimum Gasteiger partial charge on any atom is -0.369 e. The maximum absolute atomic E-state index is 6.11. The SMILES string of the molecule is C=CCCNc1nc(Cl)nc2c1CCC2c1ccccc1.